The van der Waals surface area contributed by atoms with Crippen molar-refractivity contribution in [1.82, 2.24) is 4.81 Å². The summed E-state index contributed by atoms with van der Waals surface area (Å²) in [5, 5.41) is 0.430. The first-order valence-corrected chi connectivity index (χ1v) is 10.7. The Hall–Kier alpha value is -0.745. The molecule has 0 amide bonds. The Kier molecular flexibility index (Phi) is 5.06. The van der Waals surface area contributed by atoms with Crippen LogP contribution in [0.1, 0.15) is 51.7 Å². The van der Waals surface area contributed by atoms with E-state index < -0.39 is 0 Å². The molecule has 0 spiro atoms. The summed E-state index contributed by atoms with van der Waals surface area (Å²) < 4.78 is 18.9. The average Bonchev–Trinajstić information content (AvgIpc) is 3.09. The number of fused-ring (bicyclic) bond motifs is 1. The van der Waals surface area contributed by atoms with E-state index in [2.05, 4.69) is 73.5 Å². The number of ether oxygens (including phenoxy) is 1. The van der Waals surface area contributed by atoms with Gasteiger partial charge in [0.2, 0.25) is 0 Å². The highest BCUT2D eigenvalue weighted by molar-refractivity contribution is 6.62. The summed E-state index contributed by atoms with van der Waals surface area (Å²) in [4.78, 5) is 2.47. The lowest BCUT2D eigenvalue weighted by Crippen LogP contribution is -2.41. The molecule has 3 aliphatic rings. The number of hydrogen-bond acceptors (Lipinski definition) is 4. The van der Waals surface area contributed by atoms with E-state index in [0.717, 1.165) is 11.4 Å². The smallest absolute Gasteiger partial charge is 0.399 e. The van der Waals surface area contributed by atoms with Crippen molar-refractivity contribution in [2.24, 2.45) is 5.92 Å². The molecule has 0 aromatic heterocycles. The fraction of sp³-hybridized carbons (Fsp3) is 0.714. The van der Waals surface area contributed by atoms with Crippen LogP contribution in [0.15, 0.2) is 18.2 Å². The maximum Gasteiger partial charge on any atom is 0.495 e. The molecule has 1 aromatic rings. The molecule has 3 atom stereocenters. The van der Waals surface area contributed by atoms with Gasteiger partial charge in [0.1, 0.15) is 7.85 Å². The molecule has 7 heteroatoms. The van der Waals surface area contributed by atoms with E-state index >= 15 is 0 Å². The van der Waals surface area contributed by atoms with E-state index in [1.165, 1.54) is 37.1 Å². The van der Waals surface area contributed by atoms with Crippen LogP contribution in [0.3, 0.4) is 0 Å². The fourth-order valence-corrected chi connectivity index (χ4v) is 5.34. The first-order valence-electron chi connectivity index (χ1n) is 10.7. The van der Waals surface area contributed by atoms with E-state index in [1.807, 2.05) is 0 Å². The second-order valence-electron chi connectivity index (χ2n) is 10.6. The largest absolute Gasteiger partial charge is 0.495 e. The zero-order chi connectivity index (χ0) is 20.3. The van der Waals surface area contributed by atoms with Crippen molar-refractivity contribution in [3.63, 3.8) is 0 Å². The number of rotatable bonds is 4. The van der Waals surface area contributed by atoms with Gasteiger partial charge in [-0.05, 0) is 88.4 Å². The molecule has 3 unspecified atom stereocenters. The second kappa shape index (κ2) is 6.90. The highest BCUT2D eigenvalue weighted by atomic mass is 16.7. The lowest BCUT2D eigenvalue weighted by Gasteiger charge is -2.32. The zero-order valence-corrected chi connectivity index (χ0v) is 18.7. The van der Waals surface area contributed by atoms with Crippen molar-refractivity contribution in [3.05, 3.63) is 29.3 Å². The van der Waals surface area contributed by atoms with Gasteiger partial charge in [-0.15, -0.1) is 0 Å². The normalized spacial score (nSPS) is 34.1. The summed E-state index contributed by atoms with van der Waals surface area (Å²) in [5.41, 5.74) is 2.95. The molecule has 0 N–H and O–H groups in total. The highest BCUT2D eigenvalue weighted by Gasteiger charge is 2.52. The van der Waals surface area contributed by atoms with Gasteiger partial charge in [-0.2, -0.15) is 0 Å². The van der Waals surface area contributed by atoms with E-state index in [9.17, 15) is 0 Å². The van der Waals surface area contributed by atoms with E-state index in [1.54, 1.807) is 0 Å². The van der Waals surface area contributed by atoms with Crippen LogP contribution in [0.2, 0.25) is 5.31 Å². The van der Waals surface area contributed by atoms with Crippen molar-refractivity contribution in [2.45, 2.75) is 76.7 Å². The van der Waals surface area contributed by atoms with Gasteiger partial charge in [0.05, 0.1) is 23.9 Å². The minimum atomic E-state index is -0.319. The van der Waals surface area contributed by atoms with E-state index in [4.69, 9.17) is 14.0 Å². The van der Waals surface area contributed by atoms with Gasteiger partial charge in [0, 0.05) is 0 Å². The maximum absolute atomic E-state index is 6.41. The molecule has 0 radical (unpaired) electrons. The average molecular weight is 381 g/mol. The van der Waals surface area contributed by atoms with E-state index in [-0.39, 0.29) is 18.3 Å². The van der Waals surface area contributed by atoms with Crippen molar-refractivity contribution >= 4 is 28.4 Å². The Morgan fingerprint density at radius 2 is 1.89 bits per heavy atom. The maximum atomic E-state index is 6.41. The molecule has 2 heterocycles. The number of benzene rings is 1. The molecule has 1 aromatic carbocycles. The Bertz CT molecular complexity index is 740. The van der Waals surface area contributed by atoms with Crippen molar-refractivity contribution in [2.75, 3.05) is 13.1 Å². The molecular weight excluding hydrogens is 347 g/mol. The lowest BCUT2D eigenvalue weighted by molar-refractivity contribution is 0.00578. The van der Waals surface area contributed by atoms with Crippen LogP contribution in [0.4, 0.5) is 0 Å². The predicted octanol–water partition coefficient (Wildman–Crippen LogP) is 1.24. The minimum Gasteiger partial charge on any atom is -0.399 e. The lowest BCUT2D eigenvalue weighted by atomic mass is 9.64. The van der Waals surface area contributed by atoms with Crippen LogP contribution in [0, 0.1) is 12.8 Å². The second-order valence-corrected chi connectivity index (χ2v) is 10.6. The Morgan fingerprint density at radius 1 is 1.21 bits per heavy atom. The summed E-state index contributed by atoms with van der Waals surface area (Å²) in [5.74, 6) is 0.777. The van der Waals surface area contributed by atoms with Crippen LogP contribution >= 0.6 is 0 Å². The van der Waals surface area contributed by atoms with Crippen molar-refractivity contribution in [1.29, 1.82) is 0 Å². The van der Waals surface area contributed by atoms with Gasteiger partial charge in [0.25, 0.3) is 0 Å². The molecule has 2 saturated heterocycles. The summed E-state index contributed by atoms with van der Waals surface area (Å²) >= 11 is 0. The SMILES string of the molecule is BN1CC2CC(OCc3cccc(B4OC(C)(C)C(C)(C)O4)c3C)CC2(B)C1. The molecule has 1 aliphatic carbocycles. The quantitative estimate of drug-likeness (QED) is 0.735. The van der Waals surface area contributed by atoms with Gasteiger partial charge in [0.15, 0.2) is 7.98 Å². The molecule has 4 rings (SSSR count). The van der Waals surface area contributed by atoms with Gasteiger partial charge in [-0.1, -0.05) is 18.2 Å². The summed E-state index contributed by atoms with van der Waals surface area (Å²) in [6.07, 6.45) is 2.75. The van der Waals surface area contributed by atoms with Gasteiger partial charge < -0.3 is 18.9 Å². The standard InChI is InChI=1S/C21H34B3NO3/c1-14-15(12-26-17-9-16-11-25(23)13-21(16,22)10-17)7-6-8-18(14)24-27-19(2,3)20(4,5)28-24/h6-8,16-17H,9-13,22-23H2,1-5H3. The Balaban J connectivity index is 1.43. The van der Waals surface area contributed by atoms with Crippen LogP contribution < -0.4 is 5.46 Å². The fourth-order valence-electron chi connectivity index (χ4n) is 5.34. The van der Waals surface area contributed by atoms with Crippen LogP contribution in [0.5, 0.6) is 0 Å². The third-order valence-electron chi connectivity index (χ3n) is 7.86. The molecule has 0 bridgehead atoms. The van der Waals surface area contributed by atoms with Crippen molar-refractivity contribution < 1.29 is 14.0 Å². The topological polar surface area (TPSA) is 30.9 Å². The number of nitrogens with zero attached hydrogens (tertiary/aromatic N) is 1. The molecule has 4 nitrogen and oxygen atoms in total. The Morgan fingerprint density at radius 3 is 2.54 bits per heavy atom. The molecule has 2 aliphatic heterocycles. The molecule has 28 heavy (non-hydrogen) atoms. The van der Waals surface area contributed by atoms with Crippen LogP contribution in [-0.4, -0.2) is 58.2 Å². The third-order valence-corrected chi connectivity index (χ3v) is 7.86. The molecular formula is C21H34B3NO3. The predicted molar refractivity (Wildman–Crippen MR) is 120 cm³/mol. The highest BCUT2D eigenvalue weighted by Crippen LogP contribution is 2.52. The summed E-state index contributed by atoms with van der Waals surface area (Å²) in [6, 6.07) is 6.40. The monoisotopic (exact) mass is 381 g/mol. The van der Waals surface area contributed by atoms with Gasteiger partial charge >= 0.3 is 7.12 Å². The van der Waals surface area contributed by atoms with Gasteiger partial charge in [-0.25, -0.2) is 0 Å². The number of hydrogen-bond donors (Lipinski definition) is 0. The van der Waals surface area contributed by atoms with Gasteiger partial charge in [-0.3, -0.25) is 0 Å². The van der Waals surface area contributed by atoms with Crippen molar-refractivity contribution in [3.8, 4) is 0 Å². The zero-order valence-electron chi connectivity index (χ0n) is 18.7. The van der Waals surface area contributed by atoms with E-state index in [0.29, 0.717) is 18.0 Å². The molecule has 150 valence electrons. The Labute approximate surface area is 172 Å². The third kappa shape index (κ3) is 3.49. The summed E-state index contributed by atoms with van der Waals surface area (Å²) in [6.45, 7) is 13.7. The molecule has 3 fully saturated rings. The minimum absolute atomic E-state index is 0.315. The first-order chi connectivity index (χ1) is 13.0. The first kappa shape index (κ1) is 20.5. The molecule has 1 saturated carbocycles. The van der Waals surface area contributed by atoms with Crippen LogP contribution in [-0.2, 0) is 20.7 Å². The van der Waals surface area contributed by atoms with Crippen LogP contribution in [0.25, 0.3) is 0 Å². The summed E-state index contributed by atoms with van der Waals surface area (Å²) in [7, 11) is 4.36.